The van der Waals surface area contributed by atoms with Crippen LogP contribution in [0.1, 0.15) is 82.3 Å². The lowest BCUT2D eigenvalue weighted by atomic mass is 9.93. The van der Waals surface area contributed by atoms with Crippen LogP contribution in [0.15, 0.2) is 170 Å². The number of hydrogen-bond acceptors (Lipinski definition) is 6. The highest BCUT2D eigenvalue weighted by atomic mass is 15.0. The minimum atomic E-state index is 0.614. The van der Waals surface area contributed by atoms with Crippen molar-refractivity contribution in [3.63, 3.8) is 0 Å². The van der Waals surface area contributed by atoms with Gasteiger partial charge in [0.25, 0.3) is 0 Å². The molecule has 6 heteroatoms. The van der Waals surface area contributed by atoms with E-state index < -0.39 is 0 Å². The zero-order valence-electron chi connectivity index (χ0n) is 34.2. The Morgan fingerprint density at radius 1 is 0.508 bits per heavy atom. The van der Waals surface area contributed by atoms with Gasteiger partial charge < -0.3 is 0 Å². The summed E-state index contributed by atoms with van der Waals surface area (Å²) < 4.78 is 0. The summed E-state index contributed by atoms with van der Waals surface area (Å²) >= 11 is 0. The Morgan fingerprint density at radius 2 is 1.02 bits per heavy atom. The summed E-state index contributed by atoms with van der Waals surface area (Å²) in [5.41, 5.74) is 10.1. The van der Waals surface area contributed by atoms with Crippen molar-refractivity contribution in [3.05, 3.63) is 193 Å². The smallest absolute Gasteiger partial charge is 0.164 e. The van der Waals surface area contributed by atoms with Crippen molar-refractivity contribution in [2.75, 3.05) is 0 Å². The average Bonchev–Trinajstić information content (AvgIpc) is 3.75. The fourth-order valence-corrected chi connectivity index (χ4v) is 7.16. The number of benzene rings is 4. The summed E-state index contributed by atoms with van der Waals surface area (Å²) in [6.07, 6.45) is 25.0. The van der Waals surface area contributed by atoms with E-state index in [0.29, 0.717) is 34.9 Å². The van der Waals surface area contributed by atoms with E-state index >= 15 is 0 Å². The molecule has 0 fully saturated rings. The van der Waals surface area contributed by atoms with E-state index in [9.17, 15) is 0 Å². The van der Waals surface area contributed by atoms with E-state index in [1.807, 2.05) is 99.7 Å². The van der Waals surface area contributed by atoms with E-state index in [2.05, 4.69) is 85.5 Å². The molecule has 0 bridgehead atoms. The molecular weight excluding hydrogens is 721 g/mol. The van der Waals surface area contributed by atoms with E-state index in [0.717, 1.165) is 94.2 Å². The van der Waals surface area contributed by atoms with E-state index in [1.165, 1.54) is 0 Å². The van der Waals surface area contributed by atoms with Crippen LogP contribution in [-0.4, -0.2) is 29.9 Å². The van der Waals surface area contributed by atoms with Crippen molar-refractivity contribution in [2.45, 2.75) is 59.3 Å². The molecule has 0 amide bonds. The zero-order chi connectivity index (χ0) is 40.8. The molecule has 2 aromatic heterocycles. The molecule has 8 rings (SSSR count). The highest BCUT2D eigenvalue weighted by Crippen LogP contribution is 2.37. The Hall–Kier alpha value is -6.92. The molecule has 0 saturated heterocycles. The summed E-state index contributed by atoms with van der Waals surface area (Å²) in [5.74, 6) is 3.89. The van der Waals surface area contributed by atoms with Crippen LogP contribution in [0.5, 0.6) is 0 Å². The van der Waals surface area contributed by atoms with Crippen LogP contribution in [0.3, 0.4) is 0 Å². The van der Waals surface area contributed by atoms with Gasteiger partial charge in [0.1, 0.15) is 0 Å². The predicted octanol–water partition coefficient (Wildman–Crippen LogP) is 13.7. The summed E-state index contributed by atoms with van der Waals surface area (Å²) in [7, 11) is 0. The van der Waals surface area contributed by atoms with Crippen molar-refractivity contribution in [2.24, 2.45) is 0 Å². The first-order valence-corrected chi connectivity index (χ1v) is 20.7. The molecule has 0 spiro atoms. The molecule has 4 aromatic carbocycles. The summed E-state index contributed by atoms with van der Waals surface area (Å²) in [4.78, 5) is 30.2. The van der Waals surface area contributed by atoms with Crippen LogP contribution < -0.4 is 0 Å². The quantitative estimate of drug-likeness (QED) is 0.129. The van der Waals surface area contributed by atoms with Crippen LogP contribution in [0.25, 0.3) is 67.6 Å². The standard InChI is InChI=1S/C51H44N6.C2H6/c1-3-20-36(21-4-2)46-52-47(37-22-10-5-6-11-23-37)55-50(54-46)43-31-19-29-41(35-43)40-28-18-30-42(34-40)44-32-16-9-17-33-45(44)51-56-48(38-24-12-7-13-25-38)53-49(57-51)39-26-14-8-15-27-39;1-2/h3-4,7-8,10,12-15,18-35H,1,5-6,9,11,16-17H2,2H3;1-2H3/b21-4-,36-20+;. The highest BCUT2D eigenvalue weighted by molar-refractivity contribution is 6.04. The molecule has 6 nitrogen and oxygen atoms in total. The second-order valence-corrected chi connectivity index (χ2v) is 14.0. The third-order valence-electron chi connectivity index (χ3n) is 10.00. The minimum absolute atomic E-state index is 0.614. The number of rotatable bonds is 10. The lowest BCUT2D eigenvalue weighted by Crippen LogP contribution is -2.04. The molecule has 6 aromatic rings. The van der Waals surface area contributed by atoms with Gasteiger partial charge in [0.15, 0.2) is 34.9 Å². The van der Waals surface area contributed by atoms with Gasteiger partial charge in [-0.2, -0.15) is 0 Å². The number of aromatic nitrogens is 6. The van der Waals surface area contributed by atoms with Gasteiger partial charge >= 0.3 is 0 Å². The SMILES string of the molecule is C=C/C=C(\C=C/C)c1nc(C2=CCCCC=C2)nc(-c2cccc(-c3cccc(C4=CCCCC=C4c4nc(-c5ccccc5)nc(-c5ccccc5)n4)c3)c2)n1.CC. The zero-order valence-corrected chi connectivity index (χ0v) is 34.2. The Morgan fingerprint density at radius 3 is 1.68 bits per heavy atom. The van der Waals surface area contributed by atoms with Crippen LogP contribution in [-0.2, 0) is 0 Å². The highest BCUT2D eigenvalue weighted by Gasteiger charge is 2.20. The van der Waals surface area contributed by atoms with E-state index in [-0.39, 0.29) is 0 Å². The molecule has 59 heavy (non-hydrogen) atoms. The van der Waals surface area contributed by atoms with Gasteiger partial charge in [0.05, 0.1) is 0 Å². The lowest BCUT2D eigenvalue weighted by molar-refractivity contribution is 0.875. The minimum Gasteiger partial charge on any atom is -0.208 e. The van der Waals surface area contributed by atoms with Crippen molar-refractivity contribution >= 4 is 22.3 Å². The molecule has 0 saturated carbocycles. The maximum Gasteiger partial charge on any atom is 0.164 e. The first-order valence-electron chi connectivity index (χ1n) is 20.7. The number of nitrogens with zero attached hydrogens (tertiary/aromatic N) is 6. The third kappa shape index (κ3) is 9.79. The first-order chi connectivity index (χ1) is 29.2. The molecule has 2 aliphatic carbocycles. The third-order valence-corrected chi connectivity index (χ3v) is 10.00. The van der Waals surface area contributed by atoms with Crippen molar-refractivity contribution in [3.8, 4) is 45.3 Å². The van der Waals surface area contributed by atoms with Gasteiger partial charge in [-0.1, -0.05) is 172 Å². The van der Waals surface area contributed by atoms with E-state index in [1.54, 1.807) is 6.08 Å². The van der Waals surface area contributed by atoms with Crippen LogP contribution in [0.4, 0.5) is 0 Å². The fourth-order valence-electron chi connectivity index (χ4n) is 7.16. The average molecular weight is 771 g/mol. The Balaban J connectivity index is 0.00000260. The molecule has 292 valence electrons. The molecular formula is C53H50N6. The van der Waals surface area contributed by atoms with Crippen LogP contribution in [0, 0.1) is 0 Å². The predicted molar refractivity (Wildman–Crippen MR) is 247 cm³/mol. The molecule has 0 aliphatic heterocycles. The Kier molecular flexibility index (Phi) is 13.6. The Labute approximate surface area is 349 Å². The molecule has 2 aliphatic rings. The van der Waals surface area contributed by atoms with Crippen molar-refractivity contribution in [1.82, 2.24) is 29.9 Å². The second kappa shape index (κ2) is 20.0. The maximum absolute atomic E-state index is 5.11. The maximum atomic E-state index is 5.11. The Bertz CT molecular complexity index is 2530. The van der Waals surface area contributed by atoms with Gasteiger partial charge in [0, 0.05) is 33.4 Å². The van der Waals surface area contributed by atoms with Crippen LogP contribution in [0.2, 0.25) is 0 Å². The van der Waals surface area contributed by atoms with Gasteiger partial charge in [-0.25, -0.2) is 29.9 Å². The fraction of sp³-hybridized carbons (Fsp3) is 0.170. The van der Waals surface area contributed by atoms with Gasteiger partial charge in [-0.3, -0.25) is 0 Å². The van der Waals surface area contributed by atoms with Gasteiger partial charge in [-0.05, 0) is 79.8 Å². The number of hydrogen-bond donors (Lipinski definition) is 0. The van der Waals surface area contributed by atoms with Gasteiger partial charge in [-0.15, -0.1) is 0 Å². The largest absolute Gasteiger partial charge is 0.208 e. The van der Waals surface area contributed by atoms with Crippen LogP contribution >= 0.6 is 0 Å². The molecule has 0 atom stereocenters. The second-order valence-electron chi connectivity index (χ2n) is 14.0. The number of allylic oxidation sites excluding steroid dienone is 13. The molecule has 2 heterocycles. The topological polar surface area (TPSA) is 77.3 Å². The molecule has 0 radical (unpaired) electrons. The molecule has 0 N–H and O–H groups in total. The normalized spacial score (nSPS) is 14.3. The van der Waals surface area contributed by atoms with Gasteiger partial charge in [0.2, 0.25) is 0 Å². The van der Waals surface area contributed by atoms with E-state index in [4.69, 9.17) is 29.9 Å². The summed E-state index contributed by atoms with van der Waals surface area (Å²) in [6, 6.07) is 37.5. The lowest BCUT2D eigenvalue weighted by Gasteiger charge is -2.15. The molecule has 0 unspecified atom stereocenters. The monoisotopic (exact) mass is 770 g/mol. The summed E-state index contributed by atoms with van der Waals surface area (Å²) in [6.45, 7) is 9.93. The van der Waals surface area contributed by atoms with Crippen molar-refractivity contribution < 1.29 is 0 Å². The summed E-state index contributed by atoms with van der Waals surface area (Å²) in [5, 5.41) is 0. The first kappa shape index (κ1) is 40.3. The van der Waals surface area contributed by atoms with Crippen molar-refractivity contribution in [1.29, 1.82) is 0 Å².